The van der Waals surface area contributed by atoms with Crippen LogP contribution in [0.3, 0.4) is 0 Å². The normalized spacial score (nSPS) is 11.1. The molecule has 1 rings (SSSR count). The van der Waals surface area contributed by atoms with Crippen LogP contribution in [0.4, 0.5) is 5.82 Å². The van der Waals surface area contributed by atoms with Crippen molar-refractivity contribution >= 4 is 21.7 Å². The molecule has 0 saturated carbocycles. The van der Waals surface area contributed by atoms with Gasteiger partial charge in [-0.15, -0.1) is 0 Å². The van der Waals surface area contributed by atoms with Gasteiger partial charge in [-0.05, 0) is 19.1 Å². The first-order valence-electron chi connectivity index (χ1n) is 5.85. The zero-order valence-corrected chi connectivity index (χ0v) is 11.8. The van der Waals surface area contributed by atoms with Crippen LogP contribution in [0.15, 0.2) is 18.3 Å². The summed E-state index contributed by atoms with van der Waals surface area (Å²) in [5, 5.41) is 5.63. The van der Waals surface area contributed by atoms with Gasteiger partial charge in [-0.25, -0.2) is 18.1 Å². The lowest BCUT2D eigenvalue weighted by atomic mass is 10.2. The molecule has 1 aromatic rings. The zero-order valence-electron chi connectivity index (χ0n) is 10.9. The van der Waals surface area contributed by atoms with Crippen LogP contribution in [0.1, 0.15) is 17.3 Å². The molecule has 1 heterocycles. The fraction of sp³-hybridized carbons (Fsp3) is 0.455. The van der Waals surface area contributed by atoms with Crippen LogP contribution in [-0.4, -0.2) is 45.2 Å². The summed E-state index contributed by atoms with van der Waals surface area (Å²) in [4.78, 5) is 15.8. The second-order valence-corrected chi connectivity index (χ2v) is 5.72. The number of hydrogen-bond acceptors (Lipinski definition) is 5. The highest BCUT2D eigenvalue weighted by Gasteiger charge is 2.06. The van der Waals surface area contributed by atoms with Gasteiger partial charge in [0, 0.05) is 31.4 Å². The van der Waals surface area contributed by atoms with Crippen molar-refractivity contribution in [1.29, 1.82) is 0 Å². The predicted octanol–water partition coefficient (Wildman–Crippen LogP) is -0.208. The van der Waals surface area contributed by atoms with E-state index in [1.807, 2.05) is 6.92 Å². The van der Waals surface area contributed by atoms with Crippen molar-refractivity contribution in [2.24, 2.45) is 0 Å². The third-order valence-electron chi connectivity index (χ3n) is 2.15. The minimum absolute atomic E-state index is 0.162. The summed E-state index contributed by atoms with van der Waals surface area (Å²) < 4.78 is 23.9. The van der Waals surface area contributed by atoms with Gasteiger partial charge in [-0.3, -0.25) is 4.79 Å². The highest BCUT2D eigenvalue weighted by Crippen LogP contribution is 2.06. The Kier molecular flexibility index (Phi) is 5.71. The fourth-order valence-corrected chi connectivity index (χ4v) is 1.84. The first-order valence-corrected chi connectivity index (χ1v) is 7.74. The second kappa shape index (κ2) is 7.05. The van der Waals surface area contributed by atoms with E-state index in [9.17, 15) is 13.2 Å². The Labute approximate surface area is 112 Å². The maximum Gasteiger partial charge on any atom is 0.251 e. The molecule has 7 nitrogen and oxygen atoms in total. The maximum atomic E-state index is 11.8. The Bertz CT molecular complexity index is 530. The van der Waals surface area contributed by atoms with Crippen molar-refractivity contribution in [2.45, 2.75) is 6.92 Å². The Morgan fingerprint density at radius 2 is 2.11 bits per heavy atom. The molecule has 0 fully saturated rings. The number of pyridine rings is 1. The third kappa shape index (κ3) is 6.16. The maximum absolute atomic E-state index is 11.8. The fourth-order valence-electron chi connectivity index (χ4n) is 1.36. The van der Waals surface area contributed by atoms with Crippen LogP contribution in [0.25, 0.3) is 0 Å². The van der Waals surface area contributed by atoms with Crippen molar-refractivity contribution in [2.75, 3.05) is 31.2 Å². The quantitative estimate of drug-likeness (QED) is 0.602. The largest absolute Gasteiger partial charge is 0.370 e. The van der Waals surface area contributed by atoms with Crippen LogP contribution in [0, 0.1) is 0 Å². The lowest BCUT2D eigenvalue weighted by Gasteiger charge is -2.07. The average Bonchev–Trinajstić information content (AvgIpc) is 2.34. The standard InChI is InChI=1S/C11H18N4O3S/c1-3-12-10-8-9(4-5-13-10)11(16)14-6-7-15-19(2,17)18/h4-5,8,15H,3,6-7H2,1-2H3,(H,12,13)(H,14,16). The zero-order chi connectivity index (χ0) is 14.3. The average molecular weight is 286 g/mol. The van der Waals surface area contributed by atoms with Gasteiger partial charge in [-0.2, -0.15) is 0 Å². The Balaban J connectivity index is 2.47. The number of hydrogen-bond donors (Lipinski definition) is 3. The van der Waals surface area contributed by atoms with Crippen LogP contribution in [0.5, 0.6) is 0 Å². The number of nitrogens with one attached hydrogen (secondary N) is 3. The summed E-state index contributed by atoms with van der Waals surface area (Å²) in [5.41, 5.74) is 0.477. The smallest absolute Gasteiger partial charge is 0.251 e. The number of rotatable bonds is 7. The first kappa shape index (κ1) is 15.4. The summed E-state index contributed by atoms with van der Waals surface area (Å²) in [7, 11) is -3.22. The third-order valence-corrected chi connectivity index (χ3v) is 2.88. The van der Waals surface area contributed by atoms with E-state index in [0.717, 1.165) is 12.8 Å². The second-order valence-electron chi connectivity index (χ2n) is 3.88. The Morgan fingerprint density at radius 1 is 1.37 bits per heavy atom. The van der Waals surface area contributed by atoms with E-state index in [4.69, 9.17) is 0 Å². The number of carbonyl (C=O) groups excluding carboxylic acids is 1. The number of sulfonamides is 1. The summed E-state index contributed by atoms with van der Waals surface area (Å²) in [5.74, 6) is 0.362. The van der Waals surface area contributed by atoms with E-state index in [-0.39, 0.29) is 19.0 Å². The predicted molar refractivity (Wildman–Crippen MR) is 73.6 cm³/mol. The van der Waals surface area contributed by atoms with Crippen molar-refractivity contribution < 1.29 is 13.2 Å². The van der Waals surface area contributed by atoms with Crippen molar-refractivity contribution in [3.05, 3.63) is 23.9 Å². The van der Waals surface area contributed by atoms with Gasteiger partial charge in [0.15, 0.2) is 0 Å². The van der Waals surface area contributed by atoms with Gasteiger partial charge in [0.2, 0.25) is 10.0 Å². The summed E-state index contributed by atoms with van der Waals surface area (Å²) in [6.45, 7) is 3.04. The van der Waals surface area contributed by atoms with Gasteiger partial charge in [0.25, 0.3) is 5.91 Å². The Morgan fingerprint density at radius 3 is 2.74 bits per heavy atom. The lowest BCUT2D eigenvalue weighted by molar-refractivity contribution is 0.0954. The molecule has 0 radical (unpaired) electrons. The highest BCUT2D eigenvalue weighted by atomic mass is 32.2. The highest BCUT2D eigenvalue weighted by molar-refractivity contribution is 7.88. The van der Waals surface area contributed by atoms with Gasteiger partial charge in [0.05, 0.1) is 6.26 Å². The minimum Gasteiger partial charge on any atom is -0.370 e. The number of amides is 1. The van der Waals surface area contributed by atoms with Crippen molar-refractivity contribution in [3.8, 4) is 0 Å². The van der Waals surface area contributed by atoms with Crippen LogP contribution in [-0.2, 0) is 10.0 Å². The van der Waals surface area contributed by atoms with E-state index in [1.165, 1.54) is 0 Å². The summed E-state index contributed by atoms with van der Waals surface area (Å²) in [6, 6.07) is 3.24. The number of nitrogens with zero attached hydrogens (tertiary/aromatic N) is 1. The van der Waals surface area contributed by atoms with E-state index in [1.54, 1.807) is 18.3 Å². The van der Waals surface area contributed by atoms with E-state index in [0.29, 0.717) is 11.4 Å². The molecule has 0 saturated heterocycles. The molecule has 0 spiro atoms. The molecular weight excluding hydrogens is 268 g/mol. The number of aromatic nitrogens is 1. The summed E-state index contributed by atoms with van der Waals surface area (Å²) in [6.07, 6.45) is 2.61. The van der Waals surface area contributed by atoms with E-state index >= 15 is 0 Å². The molecule has 3 N–H and O–H groups in total. The van der Waals surface area contributed by atoms with Crippen molar-refractivity contribution in [3.63, 3.8) is 0 Å². The number of carbonyl (C=O) groups is 1. The monoisotopic (exact) mass is 286 g/mol. The minimum atomic E-state index is -3.22. The summed E-state index contributed by atoms with van der Waals surface area (Å²) >= 11 is 0. The van der Waals surface area contributed by atoms with Gasteiger partial charge >= 0.3 is 0 Å². The van der Waals surface area contributed by atoms with Gasteiger partial charge in [-0.1, -0.05) is 0 Å². The molecule has 0 atom stereocenters. The topological polar surface area (TPSA) is 100 Å². The molecule has 1 amide bonds. The molecule has 106 valence electrons. The van der Waals surface area contributed by atoms with Crippen LogP contribution >= 0.6 is 0 Å². The van der Waals surface area contributed by atoms with Gasteiger partial charge in [0.1, 0.15) is 5.82 Å². The molecule has 19 heavy (non-hydrogen) atoms. The molecule has 0 aliphatic carbocycles. The van der Waals surface area contributed by atoms with E-state index in [2.05, 4.69) is 20.3 Å². The van der Waals surface area contributed by atoms with E-state index < -0.39 is 10.0 Å². The molecule has 0 aromatic carbocycles. The van der Waals surface area contributed by atoms with Crippen molar-refractivity contribution in [1.82, 2.24) is 15.0 Å². The van der Waals surface area contributed by atoms with Gasteiger partial charge < -0.3 is 10.6 Å². The Hall–Kier alpha value is -1.67. The molecular formula is C11H18N4O3S. The molecule has 0 aliphatic rings. The van der Waals surface area contributed by atoms with Crippen LogP contribution in [0.2, 0.25) is 0 Å². The van der Waals surface area contributed by atoms with Crippen LogP contribution < -0.4 is 15.4 Å². The number of anilines is 1. The molecule has 1 aromatic heterocycles. The molecule has 0 aliphatic heterocycles. The molecule has 8 heteroatoms. The SMILES string of the molecule is CCNc1cc(C(=O)NCCNS(C)(=O)=O)ccn1. The lowest BCUT2D eigenvalue weighted by Crippen LogP contribution is -2.34. The molecule has 0 unspecified atom stereocenters. The molecule has 0 bridgehead atoms. The first-order chi connectivity index (χ1) is 8.92.